The second kappa shape index (κ2) is 10.2. The van der Waals surface area contributed by atoms with Gasteiger partial charge in [0.25, 0.3) is 5.91 Å². The fraction of sp³-hybridized carbons (Fsp3) is 0.115. The number of anilines is 6. The zero-order chi connectivity index (χ0) is 26.8. The Balaban J connectivity index is 1.56. The molecule has 2 N–H and O–H groups in total. The topological polar surface area (TPSA) is 118 Å². The molecule has 0 spiro atoms. The van der Waals surface area contributed by atoms with Gasteiger partial charge < -0.3 is 15.4 Å². The van der Waals surface area contributed by atoms with Gasteiger partial charge in [0.15, 0.2) is 16.7 Å². The highest BCUT2D eigenvalue weighted by atomic mass is 35.5. The van der Waals surface area contributed by atoms with E-state index < -0.39 is 5.91 Å². The average molecular weight is 531 g/mol. The number of methoxy groups -OCH3 is 1. The van der Waals surface area contributed by atoms with Gasteiger partial charge in [0.05, 0.1) is 25.0 Å². The number of rotatable bonds is 7. The van der Waals surface area contributed by atoms with Crippen LogP contribution in [0.25, 0.3) is 0 Å². The van der Waals surface area contributed by atoms with E-state index in [9.17, 15) is 9.59 Å². The third-order valence-corrected chi connectivity index (χ3v) is 6.04. The maximum Gasteiger partial charge on any atom is 0.335 e. The molecule has 0 radical (unpaired) electrons. The number of nitrogens with one attached hydrogen (secondary N) is 2. The number of nitrogens with zero attached hydrogens (tertiary/aromatic N) is 6. The maximum atomic E-state index is 13.9. The highest BCUT2D eigenvalue weighted by Gasteiger charge is 2.34. The number of carbonyl (C=O) groups is 2. The summed E-state index contributed by atoms with van der Waals surface area (Å²) in [4.78, 5) is 38.4. The van der Waals surface area contributed by atoms with Crippen molar-refractivity contribution in [2.24, 2.45) is 7.05 Å². The van der Waals surface area contributed by atoms with Gasteiger partial charge in [-0.15, -0.1) is 0 Å². The van der Waals surface area contributed by atoms with Crippen molar-refractivity contribution in [3.8, 4) is 0 Å². The molecule has 38 heavy (non-hydrogen) atoms. The zero-order valence-electron chi connectivity index (χ0n) is 20.6. The van der Waals surface area contributed by atoms with Gasteiger partial charge in [0.2, 0.25) is 5.95 Å². The van der Waals surface area contributed by atoms with Crippen molar-refractivity contribution in [2.45, 2.75) is 6.54 Å². The molecule has 0 aliphatic carbocycles. The number of amides is 3. The minimum Gasteiger partial charge on any atom is -0.492 e. The van der Waals surface area contributed by atoms with E-state index in [4.69, 9.17) is 16.3 Å². The summed E-state index contributed by atoms with van der Waals surface area (Å²) in [6, 6.07) is 15.9. The summed E-state index contributed by atoms with van der Waals surface area (Å²) < 4.78 is 6.48. The van der Waals surface area contributed by atoms with E-state index in [-0.39, 0.29) is 29.4 Å². The molecule has 0 saturated carbocycles. The Hall–Kier alpha value is -4.90. The molecule has 5 rings (SSSR count). The normalized spacial score (nSPS) is 12.7. The number of urea groups is 1. The summed E-state index contributed by atoms with van der Waals surface area (Å²) in [6.07, 6.45) is 3.36. The predicted octanol–water partition coefficient (Wildman–Crippen LogP) is 4.98. The Morgan fingerprint density at radius 2 is 1.89 bits per heavy atom. The second-order valence-electron chi connectivity index (χ2n) is 8.35. The van der Waals surface area contributed by atoms with Crippen molar-refractivity contribution < 1.29 is 14.3 Å². The number of fused-ring (bicyclic) bond motifs is 1. The third-order valence-electron chi connectivity index (χ3n) is 5.76. The minimum atomic E-state index is -0.497. The summed E-state index contributed by atoms with van der Waals surface area (Å²) in [5, 5.41) is 10.2. The largest absolute Gasteiger partial charge is 0.492 e. The van der Waals surface area contributed by atoms with Gasteiger partial charge in [-0.05, 0) is 30.3 Å². The van der Waals surface area contributed by atoms with Crippen molar-refractivity contribution >= 4 is 58.1 Å². The lowest BCUT2D eigenvalue weighted by molar-refractivity contribution is -0.115. The molecule has 11 nitrogen and oxygen atoms in total. The van der Waals surface area contributed by atoms with Gasteiger partial charge in [-0.3, -0.25) is 14.4 Å². The number of ether oxygens (including phenoxy) is 1. The van der Waals surface area contributed by atoms with Crippen molar-refractivity contribution in [1.82, 2.24) is 19.7 Å². The first kappa shape index (κ1) is 24.8. The fourth-order valence-corrected chi connectivity index (χ4v) is 4.15. The summed E-state index contributed by atoms with van der Waals surface area (Å²) >= 11 is 6.19. The number of halogens is 1. The molecule has 4 aromatic rings. The molecule has 0 bridgehead atoms. The van der Waals surface area contributed by atoms with E-state index in [1.54, 1.807) is 53.3 Å². The smallest absolute Gasteiger partial charge is 0.335 e. The zero-order valence-corrected chi connectivity index (χ0v) is 21.3. The lowest BCUT2D eigenvalue weighted by Crippen LogP contribution is -2.45. The molecule has 3 amide bonds. The molecule has 0 unspecified atom stereocenters. The van der Waals surface area contributed by atoms with Crippen LogP contribution >= 0.6 is 11.6 Å². The van der Waals surface area contributed by atoms with Gasteiger partial charge in [-0.2, -0.15) is 10.1 Å². The van der Waals surface area contributed by atoms with Crippen molar-refractivity contribution in [2.75, 3.05) is 27.5 Å². The van der Waals surface area contributed by atoms with E-state index in [2.05, 4.69) is 32.3 Å². The molecule has 0 atom stereocenters. The molecule has 2 aromatic carbocycles. The van der Waals surface area contributed by atoms with Crippen molar-refractivity contribution in [3.05, 3.63) is 90.0 Å². The molecule has 12 heteroatoms. The number of hydrogen-bond donors (Lipinski definition) is 2. The molecule has 1 aliphatic rings. The van der Waals surface area contributed by atoms with Crippen molar-refractivity contribution in [1.29, 1.82) is 0 Å². The van der Waals surface area contributed by atoms with Crippen LogP contribution in [0.4, 0.5) is 39.3 Å². The van der Waals surface area contributed by atoms with E-state index in [0.717, 1.165) is 11.3 Å². The van der Waals surface area contributed by atoms with Crippen molar-refractivity contribution in [3.63, 3.8) is 0 Å². The van der Waals surface area contributed by atoms with Gasteiger partial charge in [-0.1, -0.05) is 42.4 Å². The standard InChI is InChI=1S/C26H23ClN8O3/c1-16(38-3)24(36)29-18-8-7-11-20(12-18)35-23-17(14-34(26(35)37)19-9-5-4-6-10-19)13-28-25(31-23)30-21-15-33(2)32-22(21)27/h4-13,15H,1,14H2,2-3H3,(H,29,36)(H,28,30,31). The van der Waals surface area contributed by atoms with Crippen LogP contribution in [0.15, 0.2) is 79.3 Å². The number of benzene rings is 2. The van der Waals surface area contributed by atoms with Crippen LogP contribution in [0, 0.1) is 0 Å². The Morgan fingerprint density at radius 1 is 1.13 bits per heavy atom. The molecule has 0 fully saturated rings. The van der Waals surface area contributed by atoms with Gasteiger partial charge in [0, 0.05) is 36.4 Å². The Kier molecular flexibility index (Phi) is 6.67. The predicted molar refractivity (Wildman–Crippen MR) is 145 cm³/mol. The first-order valence-electron chi connectivity index (χ1n) is 11.5. The SMILES string of the molecule is C=C(OC)C(=O)Nc1cccc(N2C(=O)N(c3ccccc3)Cc3cnc(Nc4cn(C)nc4Cl)nc32)c1. The number of aromatic nitrogens is 4. The monoisotopic (exact) mass is 530 g/mol. The highest BCUT2D eigenvalue weighted by molar-refractivity contribution is 6.32. The van der Waals surface area contributed by atoms with E-state index in [1.807, 2.05) is 30.3 Å². The number of hydrogen-bond acceptors (Lipinski definition) is 7. The molecule has 3 heterocycles. The number of aryl methyl sites for hydroxylation is 1. The average Bonchev–Trinajstić information content (AvgIpc) is 3.24. The first-order chi connectivity index (χ1) is 18.3. The molecular formula is C26H23ClN8O3. The minimum absolute atomic E-state index is 0.0393. The lowest BCUT2D eigenvalue weighted by Gasteiger charge is -2.36. The van der Waals surface area contributed by atoms with Gasteiger partial charge >= 0.3 is 6.03 Å². The second-order valence-corrected chi connectivity index (χ2v) is 8.70. The molecular weight excluding hydrogens is 508 g/mol. The Morgan fingerprint density at radius 3 is 2.61 bits per heavy atom. The van der Waals surface area contributed by atoms with E-state index in [0.29, 0.717) is 22.9 Å². The van der Waals surface area contributed by atoms with Gasteiger partial charge in [0.1, 0.15) is 0 Å². The van der Waals surface area contributed by atoms with Crippen LogP contribution < -0.4 is 20.4 Å². The quantitative estimate of drug-likeness (QED) is 0.255. The Bertz CT molecular complexity index is 1540. The first-order valence-corrected chi connectivity index (χ1v) is 11.8. The number of para-hydroxylation sites is 1. The number of carbonyl (C=O) groups excluding carboxylic acids is 2. The summed E-state index contributed by atoms with van der Waals surface area (Å²) in [7, 11) is 3.11. The molecule has 1 aliphatic heterocycles. The maximum absolute atomic E-state index is 13.9. The third kappa shape index (κ3) is 4.87. The summed E-state index contributed by atoms with van der Waals surface area (Å²) in [5.74, 6) is 0.0978. The van der Waals surface area contributed by atoms with E-state index in [1.165, 1.54) is 12.0 Å². The molecule has 192 valence electrons. The van der Waals surface area contributed by atoms with Crippen LogP contribution in [0.2, 0.25) is 5.15 Å². The van der Waals surface area contributed by atoms with Crippen LogP contribution in [0.3, 0.4) is 0 Å². The van der Waals surface area contributed by atoms with Crippen LogP contribution in [-0.2, 0) is 23.1 Å². The van der Waals surface area contributed by atoms with Gasteiger partial charge in [-0.25, -0.2) is 14.7 Å². The van der Waals surface area contributed by atoms with E-state index >= 15 is 0 Å². The van der Waals surface area contributed by atoms with Crippen LogP contribution in [0.1, 0.15) is 5.56 Å². The van der Waals surface area contributed by atoms with Crippen LogP contribution in [-0.4, -0.2) is 38.8 Å². The lowest BCUT2D eigenvalue weighted by atomic mass is 10.1. The highest BCUT2D eigenvalue weighted by Crippen LogP contribution is 2.37. The summed E-state index contributed by atoms with van der Waals surface area (Å²) in [6.45, 7) is 3.84. The molecule has 0 saturated heterocycles. The summed E-state index contributed by atoms with van der Waals surface area (Å²) in [5.41, 5.74) is 2.90. The molecule has 2 aromatic heterocycles. The van der Waals surface area contributed by atoms with Crippen LogP contribution in [0.5, 0.6) is 0 Å². The fourth-order valence-electron chi connectivity index (χ4n) is 3.94. The Labute approximate surface area is 223 Å².